The summed E-state index contributed by atoms with van der Waals surface area (Å²) in [6.45, 7) is 0. The van der Waals surface area contributed by atoms with Gasteiger partial charge in [0.15, 0.2) is 5.83 Å². The molecule has 0 aliphatic rings. The topological polar surface area (TPSA) is 17.8 Å². The fourth-order valence-corrected chi connectivity index (χ4v) is 0.540. The quantitative estimate of drug-likeness (QED) is 0.649. The van der Waals surface area contributed by atoms with Crippen molar-refractivity contribution in [2.75, 3.05) is 0 Å². The number of nitrogens with zero attached hydrogens (tertiary/aromatic N) is 2. The molecule has 11 heavy (non-hydrogen) atoms. The molecule has 0 amide bonds. The maximum atomic E-state index is 12.1. The van der Waals surface area contributed by atoms with Crippen molar-refractivity contribution >= 4 is 6.20 Å². The van der Waals surface area contributed by atoms with Gasteiger partial charge in [-0.25, -0.2) is 17.9 Å². The van der Waals surface area contributed by atoms with Crippen molar-refractivity contribution in [3.63, 3.8) is 0 Å². The molecule has 5 heteroatoms. The Bertz CT molecular complexity index is 240. The van der Waals surface area contributed by atoms with Crippen LogP contribution in [0.4, 0.5) is 13.2 Å². The van der Waals surface area contributed by atoms with E-state index in [0.29, 0.717) is 6.20 Å². The zero-order valence-electron chi connectivity index (χ0n) is 5.42. The molecule has 0 saturated heterocycles. The van der Waals surface area contributed by atoms with Gasteiger partial charge in [-0.05, 0) is 6.07 Å². The molecule has 0 saturated carbocycles. The molecule has 60 valence electrons. The minimum atomic E-state index is -3.07. The van der Waals surface area contributed by atoms with E-state index in [1.165, 1.54) is 18.5 Å². The summed E-state index contributed by atoms with van der Waals surface area (Å²) in [6.07, 6.45) is 0.293. The number of alkyl halides is 2. The minimum Gasteiger partial charge on any atom is -0.245 e. The maximum Gasteiger partial charge on any atom is 0.291 e. The number of hydrogen-bond donors (Lipinski definition) is 0. The van der Waals surface area contributed by atoms with Crippen molar-refractivity contribution < 1.29 is 13.2 Å². The Labute approximate surface area is 60.9 Å². The van der Waals surface area contributed by atoms with E-state index in [-0.39, 0.29) is 0 Å². The molecular formula is C6H5F3N2. The van der Waals surface area contributed by atoms with E-state index in [4.69, 9.17) is 0 Å². The minimum absolute atomic E-state index is 0.630. The fraction of sp³-hybridized carbons (Fsp3) is 0.167. The molecule has 0 unspecified atom stereocenters. The number of halogens is 3. The first-order chi connectivity index (χ1) is 5.20. The number of allylic oxidation sites excluding steroid dienone is 1. The first-order valence-electron chi connectivity index (χ1n) is 2.84. The first kappa shape index (κ1) is 7.84. The van der Waals surface area contributed by atoms with Gasteiger partial charge < -0.3 is 0 Å². The maximum absolute atomic E-state index is 12.1. The molecule has 0 spiro atoms. The molecule has 0 atom stereocenters. The predicted octanol–water partition coefficient (Wildman–Crippen LogP) is 1.92. The van der Waals surface area contributed by atoms with Crippen molar-refractivity contribution in [2.45, 2.75) is 6.43 Å². The highest BCUT2D eigenvalue weighted by molar-refractivity contribution is 5.25. The third kappa shape index (κ3) is 2.10. The summed E-state index contributed by atoms with van der Waals surface area (Å²) in [5.74, 6) is -1.49. The van der Waals surface area contributed by atoms with Gasteiger partial charge in [0.25, 0.3) is 6.43 Å². The van der Waals surface area contributed by atoms with E-state index in [1.807, 2.05) is 0 Å². The molecule has 1 rings (SSSR count). The summed E-state index contributed by atoms with van der Waals surface area (Å²) in [6, 6.07) is 1.51. The number of aromatic nitrogens is 2. The molecule has 0 bridgehead atoms. The highest BCUT2D eigenvalue weighted by atomic mass is 19.3. The molecule has 0 N–H and O–H groups in total. The molecular weight excluding hydrogens is 157 g/mol. The lowest BCUT2D eigenvalue weighted by molar-refractivity contribution is 0.160. The molecule has 0 fully saturated rings. The van der Waals surface area contributed by atoms with Crippen LogP contribution in [0.25, 0.3) is 6.20 Å². The third-order valence-corrected chi connectivity index (χ3v) is 0.989. The predicted molar refractivity (Wildman–Crippen MR) is 33.6 cm³/mol. The van der Waals surface area contributed by atoms with E-state index in [2.05, 4.69) is 5.10 Å². The van der Waals surface area contributed by atoms with Gasteiger partial charge in [-0.2, -0.15) is 5.10 Å². The molecule has 2 nitrogen and oxygen atoms in total. The van der Waals surface area contributed by atoms with Gasteiger partial charge in [-0.1, -0.05) is 0 Å². The lowest BCUT2D eigenvalue weighted by Crippen LogP contribution is -1.94. The Morgan fingerprint density at radius 2 is 2.27 bits per heavy atom. The smallest absolute Gasteiger partial charge is 0.245 e. The average molecular weight is 162 g/mol. The van der Waals surface area contributed by atoms with Crippen molar-refractivity contribution in [3.8, 4) is 0 Å². The van der Waals surface area contributed by atoms with Gasteiger partial charge in [0.1, 0.15) is 0 Å². The van der Waals surface area contributed by atoms with Crippen molar-refractivity contribution in [1.82, 2.24) is 9.78 Å². The van der Waals surface area contributed by atoms with Crippen LogP contribution in [-0.2, 0) is 0 Å². The molecule has 0 aliphatic heterocycles. The summed E-state index contributed by atoms with van der Waals surface area (Å²) in [5.41, 5.74) is 0. The summed E-state index contributed by atoms with van der Waals surface area (Å²) >= 11 is 0. The van der Waals surface area contributed by atoms with Crippen LogP contribution < -0.4 is 0 Å². The van der Waals surface area contributed by atoms with Crippen molar-refractivity contribution in [3.05, 3.63) is 24.3 Å². The Morgan fingerprint density at radius 1 is 1.55 bits per heavy atom. The second-order valence-corrected chi connectivity index (χ2v) is 1.80. The zero-order valence-corrected chi connectivity index (χ0v) is 5.42. The monoisotopic (exact) mass is 162 g/mol. The van der Waals surface area contributed by atoms with Gasteiger partial charge in [0, 0.05) is 12.4 Å². The first-order valence-corrected chi connectivity index (χ1v) is 2.84. The van der Waals surface area contributed by atoms with Crippen LogP contribution in [0.5, 0.6) is 0 Å². The lowest BCUT2D eigenvalue weighted by Gasteiger charge is -1.93. The fourth-order valence-electron chi connectivity index (χ4n) is 0.540. The third-order valence-electron chi connectivity index (χ3n) is 0.989. The summed E-state index contributed by atoms with van der Waals surface area (Å²) in [4.78, 5) is 0. The van der Waals surface area contributed by atoms with Gasteiger partial charge in [-0.15, -0.1) is 0 Å². The number of rotatable bonds is 2. The zero-order chi connectivity index (χ0) is 8.27. The van der Waals surface area contributed by atoms with Gasteiger partial charge in [0.05, 0.1) is 6.20 Å². The van der Waals surface area contributed by atoms with Crippen molar-refractivity contribution in [1.29, 1.82) is 0 Å². The Hall–Kier alpha value is -1.26. The SMILES string of the molecule is FC(=Cn1cccn1)C(F)F. The van der Waals surface area contributed by atoms with E-state index in [0.717, 1.165) is 4.68 Å². The van der Waals surface area contributed by atoms with Crippen LogP contribution in [0.2, 0.25) is 0 Å². The van der Waals surface area contributed by atoms with E-state index >= 15 is 0 Å². The Balaban J connectivity index is 2.74. The van der Waals surface area contributed by atoms with Crippen LogP contribution in [0.1, 0.15) is 0 Å². The standard InChI is InChI=1S/C6H5F3N2/c7-5(6(8)9)4-11-3-1-2-10-11/h1-4,6H. The molecule has 0 radical (unpaired) electrons. The van der Waals surface area contributed by atoms with Gasteiger partial charge in [-0.3, -0.25) is 0 Å². The highest BCUT2D eigenvalue weighted by Gasteiger charge is 2.09. The summed E-state index contributed by atoms with van der Waals surface area (Å²) in [5, 5.41) is 3.51. The molecule has 0 aliphatic carbocycles. The molecule has 1 aromatic rings. The molecule has 1 aromatic heterocycles. The van der Waals surface area contributed by atoms with Crippen LogP contribution in [0.3, 0.4) is 0 Å². The second-order valence-electron chi connectivity index (χ2n) is 1.80. The Morgan fingerprint density at radius 3 is 2.73 bits per heavy atom. The van der Waals surface area contributed by atoms with Crippen LogP contribution in [0.15, 0.2) is 24.3 Å². The second kappa shape index (κ2) is 3.23. The highest BCUT2D eigenvalue weighted by Crippen LogP contribution is 2.09. The van der Waals surface area contributed by atoms with Gasteiger partial charge >= 0.3 is 0 Å². The number of hydrogen-bond acceptors (Lipinski definition) is 1. The molecule has 0 aromatic carbocycles. The van der Waals surface area contributed by atoms with Gasteiger partial charge in [0.2, 0.25) is 0 Å². The normalized spacial score (nSPS) is 12.5. The van der Waals surface area contributed by atoms with E-state index in [1.54, 1.807) is 0 Å². The van der Waals surface area contributed by atoms with Crippen LogP contribution in [-0.4, -0.2) is 16.2 Å². The average Bonchev–Trinajstić information content (AvgIpc) is 2.39. The summed E-state index contributed by atoms with van der Waals surface area (Å²) in [7, 11) is 0. The van der Waals surface area contributed by atoms with Crippen LogP contribution in [0, 0.1) is 0 Å². The largest absolute Gasteiger partial charge is 0.291 e. The van der Waals surface area contributed by atoms with E-state index in [9.17, 15) is 13.2 Å². The van der Waals surface area contributed by atoms with Crippen LogP contribution >= 0.6 is 0 Å². The van der Waals surface area contributed by atoms with Crippen molar-refractivity contribution in [2.24, 2.45) is 0 Å². The van der Waals surface area contributed by atoms with E-state index < -0.39 is 12.3 Å². The summed E-state index contributed by atoms with van der Waals surface area (Å²) < 4.78 is 36.2. The molecule has 1 heterocycles. The Kier molecular flexibility index (Phi) is 2.30. The lowest BCUT2D eigenvalue weighted by atomic mass is 10.6.